The van der Waals surface area contributed by atoms with Crippen molar-refractivity contribution in [3.63, 3.8) is 0 Å². The number of nitrogens with zero attached hydrogens (tertiary/aromatic N) is 3. The molecular formula is C13H17N4O5S+. The van der Waals surface area contributed by atoms with Gasteiger partial charge in [0.1, 0.15) is 0 Å². The van der Waals surface area contributed by atoms with Crippen LogP contribution in [0, 0.1) is 0 Å². The maximum Gasteiger partial charge on any atom is 0.493 e. The second kappa shape index (κ2) is 5.87. The van der Waals surface area contributed by atoms with Crippen molar-refractivity contribution in [2.24, 2.45) is 0 Å². The van der Waals surface area contributed by atoms with Crippen LogP contribution in [-0.4, -0.2) is 48.4 Å². The fraction of sp³-hybridized carbons (Fsp3) is 0.462. The maximum absolute atomic E-state index is 12.7. The highest BCUT2D eigenvalue weighted by molar-refractivity contribution is 7.89. The molecule has 124 valence electrons. The van der Waals surface area contributed by atoms with Gasteiger partial charge in [-0.05, 0) is 26.0 Å². The van der Waals surface area contributed by atoms with Gasteiger partial charge in [-0.2, -0.15) is 4.31 Å². The zero-order chi connectivity index (χ0) is 16.6. The van der Waals surface area contributed by atoms with Crippen molar-refractivity contribution in [2.75, 3.05) is 13.1 Å². The van der Waals surface area contributed by atoms with E-state index in [1.165, 1.54) is 16.4 Å². The highest BCUT2D eigenvalue weighted by Gasteiger charge is 2.32. The standard InChI is InChI=1S/C13H16N4O5S/c1-9-7-16(8-10(2)21-9)23(19,20)12-5-3-11(4-6-12)17-14-13(18)22-15-17/h3-6,9-10H,7-8H2,1-2H3/p+1/t9-,10-/m0/s1. The summed E-state index contributed by atoms with van der Waals surface area (Å²) in [6, 6.07) is 6.02. The summed E-state index contributed by atoms with van der Waals surface area (Å²) < 4.78 is 36.8. The van der Waals surface area contributed by atoms with Gasteiger partial charge in [-0.3, -0.25) is 0 Å². The molecule has 1 saturated heterocycles. The number of ether oxygens (including phenoxy) is 1. The smallest absolute Gasteiger partial charge is 0.373 e. The molecule has 0 radical (unpaired) electrons. The molecule has 2 atom stereocenters. The summed E-state index contributed by atoms with van der Waals surface area (Å²) in [6.45, 7) is 4.33. The average molecular weight is 341 g/mol. The van der Waals surface area contributed by atoms with Crippen molar-refractivity contribution in [3.05, 3.63) is 34.8 Å². The Hall–Kier alpha value is -2.04. The zero-order valence-corrected chi connectivity index (χ0v) is 13.5. The molecule has 23 heavy (non-hydrogen) atoms. The molecule has 9 nitrogen and oxygen atoms in total. The summed E-state index contributed by atoms with van der Waals surface area (Å²) >= 11 is 0. The number of nitrogens with one attached hydrogen (secondary N) is 1. The molecule has 0 saturated carbocycles. The topological polar surface area (TPSA) is 109 Å². The van der Waals surface area contributed by atoms with E-state index in [2.05, 4.69) is 14.9 Å². The largest absolute Gasteiger partial charge is 0.493 e. The number of morpholine rings is 1. The first-order chi connectivity index (χ1) is 10.9. The first-order valence-corrected chi connectivity index (χ1v) is 8.54. The van der Waals surface area contributed by atoms with Gasteiger partial charge in [0.25, 0.3) is 5.69 Å². The van der Waals surface area contributed by atoms with E-state index in [0.717, 1.165) is 4.80 Å². The molecule has 3 rings (SSSR count). The summed E-state index contributed by atoms with van der Waals surface area (Å²) in [5, 5.41) is 5.82. The molecule has 0 amide bonds. The predicted octanol–water partition coefficient (Wildman–Crippen LogP) is -0.562. The average Bonchev–Trinajstić information content (AvgIpc) is 2.93. The number of H-pyrrole nitrogens is 1. The fourth-order valence-corrected chi connectivity index (χ4v) is 4.14. The zero-order valence-electron chi connectivity index (χ0n) is 12.7. The van der Waals surface area contributed by atoms with Gasteiger partial charge in [0.15, 0.2) is 0 Å². The van der Waals surface area contributed by atoms with Crippen LogP contribution in [-0.2, 0) is 14.8 Å². The number of rotatable bonds is 3. The highest BCUT2D eigenvalue weighted by Crippen LogP contribution is 2.21. The van der Waals surface area contributed by atoms with Gasteiger partial charge in [0.2, 0.25) is 15.3 Å². The lowest BCUT2D eigenvalue weighted by atomic mass is 10.3. The van der Waals surface area contributed by atoms with Crippen molar-refractivity contribution >= 4 is 10.0 Å². The lowest BCUT2D eigenvalue weighted by Gasteiger charge is -2.34. The van der Waals surface area contributed by atoms with Crippen LogP contribution in [0.5, 0.6) is 0 Å². The minimum absolute atomic E-state index is 0.149. The van der Waals surface area contributed by atoms with Crippen LogP contribution in [0.25, 0.3) is 5.69 Å². The first kappa shape index (κ1) is 15.8. The molecule has 1 aliphatic rings. The van der Waals surface area contributed by atoms with Crippen LogP contribution < -0.4 is 10.6 Å². The molecule has 0 bridgehead atoms. The second-order valence-electron chi connectivity index (χ2n) is 5.46. The second-order valence-corrected chi connectivity index (χ2v) is 7.40. The van der Waals surface area contributed by atoms with Gasteiger partial charge < -0.3 is 4.74 Å². The third kappa shape index (κ3) is 3.19. The number of sulfonamides is 1. The molecule has 2 heterocycles. The summed E-state index contributed by atoms with van der Waals surface area (Å²) in [6.07, 6.45) is -0.299. The molecule has 1 N–H and O–H groups in total. The minimum atomic E-state index is -3.59. The predicted molar refractivity (Wildman–Crippen MR) is 77.4 cm³/mol. The third-order valence-electron chi connectivity index (χ3n) is 3.51. The van der Waals surface area contributed by atoms with Gasteiger partial charge in [0.05, 0.1) is 21.9 Å². The van der Waals surface area contributed by atoms with Crippen LogP contribution in [0.15, 0.2) is 38.5 Å². The number of hydrogen-bond acceptors (Lipinski definition) is 6. The van der Waals surface area contributed by atoms with Crippen LogP contribution in [0.4, 0.5) is 0 Å². The Morgan fingerprint density at radius 3 is 2.35 bits per heavy atom. The normalized spacial score (nSPS) is 23.0. The van der Waals surface area contributed by atoms with Crippen molar-refractivity contribution in [3.8, 4) is 5.69 Å². The van der Waals surface area contributed by atoms with Gasteiger partial charge in [-0.25, -0.2) is 17.7 Å². The van der Waals surface area contributed by atoms with Crippen molar-refractivity contribution in [1.29, 1.82) is 0 Å². The van der Waals surface area contributed by atoms with E-state index in [1.807, 2.05) is 13.8 Å². The summed E-state index contributed by atoms with van der Waals surface area (Å²) in [5.41, 5.74) is 0.485. The molecule has 0 unspecified atom stereocenters. The maximum atomic E-state index is 12.7. The van der Waals surface area contributed by atoms with Crippen molar-refractivity contribution in [1.82, 2.24) is 14.7 Å². The molecule has 2 aromatic rings. The lowest BCUT2D eigenvalue weighted by molar-refractivity contribution is -0.725. The van der Waals surface area contributed by atoms with Gasteiger partial charge in [-0.15, -0.1) is 0 Å². The highest BCUT2D eigenvalue weighted by atomic mass is 32.2. The van der Waals surface area contributed by atoms with E-state index in [-0.39, 0.29) is 17.1 Å². The minimum Gasteiger partial charge on any atom is -0.373 e. The number of hydrogen-bond donors (Lipinski definition) is 1. The number of benzene rings is 1. The van der Waals surface area contributed by atoms with E-state index >= 15 is 0 Å². The monoisotopic (exact) mass is 341 g/mol. The molecule has 1 aliphatic heterocycles. The van der Waals surface area contributed by atoms with Crippen LogP contribution >= 0.6 is 0 Å². The lowest BCUT2D eigenvalue weighted by Crippen LogP contribution is -2.48. The molecule has 10 heteroatoms. The molecule has 1 fully saturated rings. The Labute approximate surface area is 132 Å². The Bertz CT molecular complexity index is 832. The van der Waals surface area contributed by atoms with E-state index in [4.69, 9.17) is 4.74 Å². The van der Waals surface area contributed by atoms with Gasteiger partial charge >= 0.3 is 5.76 Å². The Morgan fingerprint density at radius 1 is 1.22 bits per heavy atom. The van der Waals surface area contributed by atoms with Crippen LogP contribution in [0.2, 0.25) is 0 Å². The quantitative estimate of drug-likeness (QED) is 0.749. The SMILES string of the molecule is C[C@H]1CN(S(=O)(=O)c2ccc(-[n+]3noc(=O)[nH]3)cc2)C[C@H](C)O1. The van der Waals surface area contributed by atoms with E-state index in [9.17, 15) is 13.2 Å². The van der Waals surface area contributed by atoms with Gasteiger partial charge in [0, 0.05) is 25.2 Å². The molecular weight excluding hydrogens is 324 g/mol. The Kier molecular flexibility index (Phi) is 4.04. The van der Waals surface area contributed by atoms with Crippen LogP contribution in [0.3, 0.4) is 0 Å². The van der Waals surface area contributed by atoms with Crippen molar-refractivity contribution in [2.45, 2.75) is 31.0 Å². The summed E-state index contributed by atoms with van der Waals surface area (Å²) in [5.74, 6) is -0.696. The number of aromatic nitrogens is 3. The molecule has 0 spiro atoms. The number of aromatic amines is 1. The van der Waals surface area contributed by atoms with Crippen molar-refractivity contribution < 1.29 is 22.5 Å². The Morgan fingerprint density at radius 2 is 1.83 bits per heavy atom. The molecule has 1 aromatic heterocycles. The van der Waals surface area contributed by atoms with E-state index in [1.54, 1.807) is 12.1 Å². The first-order valence-electron chi connectivity index (χ1n) is 7.10. The molecule has 0 aliphatic carbocycles. The summed E-state index contributed by atoms with van der Waals surface area (Å²) in [4.78, 5) is 12.2. The third-order valence-corrected chi connectivity index (χ3v) is 5.35. The fourth-order valence-electron chi connectivity index (χ4n) is 2.55. The summed E-state index contributed by atoms with van der Waals surface area (Å²) in [7, 11) is -3.59. The van der Waals surface area contributed by atoms with E-state index < -0.39 is 15.8 Å². The molecule has 1 aromatic carbocycles. The Balaban J connectivity index is 1.87. The van der Waals surface area contributed by atoms with Crippen LogP contribution in [0.1, 0.15) is 13.8 Å². The van der Waals surface area contributed by atoms with Gasteiger partial charge in [-0.1, -0.05) is 5.10 Å². The van der Waals surface area contributed by atoms with E-state index in [0.29, 0.717) is 18.8 Å².